The highest BCUT2D eigenvalue weighted by atomic mass is 16.2. The van der Waals surface area contributed by atoms with Crippen LogP contribution < -0.4 is 5.32 Å². The smallest absolute Gasteiger partial charge is 0.295 e. The molecule has 1 amide bonds. The maximum absolute atomic E-state index is 12.2. The highest BCUT2D eigenvalue weighted by Crippen LogP contribution is 2.37. The Balaban J connectivity index is 1.62. The van der Waals surface area contributed by atoms with Crippen LogP contribution in [0.2, 0.25) is 0 Å². The number of amides is 1. The molecule has 1 fully saturated rings. The highest BCUT2D eigenvalue weighted by molar-refractivity contribution is 6.06. The topological polar surface area (TPSA) is 83.6 Å². The van der Waals surface area contributed by atoms with Crippen LogP contribution in [0.4, 0.5) is 5.69 Å². The van der Waals surface area contributed by atoms with Crippen LogP contribution in [0.3, 0.4) is 0 Å². The fraction of sp³-hybridized carbons (Fsp3) is 0.200. The molecule has 104 valence electrons. The van der Waals surface area contributed by atoms with E-state index in [0.29, 0.717) is 11.6 Å². The summed E-state index contributed by atoms with van der Waals surface area (Å²) >= 11 is 0. The number of para-hydroxylation sites is 1. The molecule has 1 aliphatic carbocycles. The number of aromatic amines is 1. The van der Waals surface area contributed by atoms with E-state index in [9.17, 15) is 4.79 Å². The molecule has 0 unspecified atom stereocenters. The standard InChI is InChI=1S/C15H13N5O/c21-15(14-18-13(19-20-14)10-6-7-10)17-11-5-1-3-9-4-2-8-16-12(9)11/h1-5,8,10H,6-7H2,(H,17,21)(H,18,19,20). The van der Waals surface area contributed by atoms with Crippen LogP contribution in [-0.4, -0.2) is 26.1 Å². The summed E-state index contributed by atoms with van der Waals surface area (Å²) in [5.74, 6) is 1.09. The summed E-state index contributed by atoms with van der Waals surface area (Å²) in [5, 5.41) is 10.6. The summed E-state index contributed by atoms with van der Waals surface area (Å²) < 4.78 is 0. The van der Waals surface area contributed by atoms with Crippen molar-refractivity contribution in [2.75, 3.05) is 5.32 Å². The summed E-state index contributed by atoms with van der Waals surface area (Å²) in [6.45, 7) is 0. The molecule has 4 rings (SSSR count). The van der Waals surface area contributed by atoms with E-state index in [1.165, 1.54) is 0 Å². The molecule has 2 heterocycles. The molecule has 0 radical (unpaired) electrons. The predicted octanol–water partition coefficient (Wildman–Crippen LogP) is 2.48. The van der Waals surface area contributed by atoms with E-state index < -0.39 is 0 Å². The van der Waals surface area contributed by atoms with E-state index >= 15 is 0 Å². The van der Waals surface area contributed by atoms with Gasteiger partial charge in [-0.25, -0.2) is 4.98 Å². The average Bonchev–Trinajstić information content (AvgIpc) is 3.25. The maximum Gasteiger partial charge on any atom is 0.295 e. The number of anilines is 1. The van der Waals surface area contributed by atoms with Gasteiger partial charge in [0.05, 0.1) is 11.2 Å². The second kappa shape index (κ2) is 4.66. The number of carbonyl (C=O) groups is 1. The largest absolute Gasteiger partial charge is 0.317 e. The summed E-state index contributed by atoms with van der Waals surface area (Å²) in [4.78, 5) is 20.8. The number of aromatic nitrogens is 4. The minimum Gasteiger partial charge on any atom is -0.317 e. The Morgan fingerprint density at radius 2 is 2.10 bits per heavy atom. The zero-order chi connectivity index (χ0) is 14.2. The molecule has 6 heteroatoms. The minimum atomic E-state index is -0.323. The summed E-state index contributed by atoms with van der Waals surface area (Å²) in [6, 6.07) is 9.48. The summed E-state index contributed by atoms with van der Waals surface area (Å²) in [5.41, 5.74) is 1.42. The number of pyridine rings is 1. The predicted molar refractivity (Wildman–Crippen MR) is 78.1 cm³/mol. The first-order chi connectivity index (χ1) is 10.3. The lowest BCUT2D eigenvalue weighted by atomic mass is 10.2. The number of hydrogen-bond acceptors (Lipinski definition) is 4. The van der Waals surface area contributed by atoms with Crippen LogP contribution in [0.15, 0.2) is 36.5 Å². The van der Waals surface area contributed by atoms with Crippen molar-refractivity contribution in [1.82, 2.24) is 20.2 Å². The van der Waals surface area contributed by atoms with Crippen LogP contribution >= 0.6 is 0 Å². The number of nitrogens with zero attached hydrogens (tertiary/aromatic N) is 3. The van der Waals surface area contributed by atoms with Gasteiger partial charge in [-0.05, 0) is 25.0 Å². The number of carbonyl (C=O) groups excluding carboxylic acids is 1. The van der Waals surface area contributed by atoms with Gasteiger partial charge in [-0.1, -0.05) is 18.2 Å². The SMILES string of the molecule is O=C(Nc1cccc2cccnc12)c1n[nH]c(C2CC2)n1. The Labute approximate surface area is 120 Å². The van der Waals surface area contributed by atoms with Gasteiger partial charge in [-0.3, -0.25) is 14.9 Å². The van der Waals surface area contributed by atoms with Crippen molar-refractivity contribution < 1.29 is 4.79 Å². The maximum atomic E-state index is 12.2. The molecule has 21 heavy (non-hydrogen) atoms. The number of rotatable bonds is 3. The van der Waals surface area contributed by atoms with Crippen LogP contribution in [-0.2, 0) is 0 Å². The molecule has 3 aromatic rings. The van der Waals surface area contributed by atoms with Crippen molar-refractivity contribution in [2.45, 2.75) is 18.8 Å². The molecule has 6 nitrogen and oxygen atoms in total. The zero-order valence-corrected chi connectivity index (χ0v) is 11.2. The van der Waals surface area contributed by atoms with Gasteiger partial charge in [0.25, 0.3) is 5.91 Å². The van der Waals surface area contributed by atoms with Gasteiger partial charge in [0.2, 0.25) is 5.82 Å². The second-order valence-electron chi connectivity index (χ2n) is 5.15. The minimum absolute atomic E-state index is 0.171. The van der Waals surface area contributed by atoms with Gasteiger partial charge >= 0.3 is 0 Å². The lowest BCUT2D eigenvalue weighted by Gasteiger charge is -2.05. The number of nitrogens with one attached hydrogen (secondary N) is 2. The third kappa shape index (κ3) is 2.24. The van der Waals surface area contributed by atoms with Crippen LogP contribution in [0.1, 0.15) is 35.2 Å². The van der Waals surface area contributed by atoms with E-state index in [-0.39, 0.29) is 11.7 Å². The second-order valence-corrected chi connectivity index (χ2v) is 5.15. The molecule has 0 spiro atoms. The van der Waals surface area contributed by atoms with E-state index in [0.717, 1.165) is 29.6 Å². The van der Waals surface area contributed by atoms with Crippen LogP contribution in [0.5, 0.6) is 0 Å². The molecule has 1 aliphatic rings. The highest BCUT2D eigenvalue weighted by Gasteiger charge is 2.28. The average molecular weight is 279 g/mol. The molecular weight excluding hydrogens is 266 g/mol. The Morgan fingerprint density at radius 3 is 2.95 bits per heavy atom. The Morgan fingerprint density at radius 1 is 1.24 bits per heavy atom. The van der Waals surface area contributed by atoms with Gasteiger partial charge in [-0.2, -0.15) is 0 Å². The third-order valence-electron chi connectivity index (χ3n) is 3.55. The van der Waals surface area contributed by atoms with Gasteiger partial charge < -0.3 is 5.32 Å². The zero-order valence-electron chi connectivity index (χ0n) is 11.2. The molecule has 1 aromatic carbocycles. The molecule has 0 saturated heterocycles. The molecular formula is C15H13N5O. The first kappa shape index (κ1) is 12.0. The molecule has 0 atom stereocenters. The molecule has 0 aliphatic heterocycles. The van der Waals surface area contributed by atoms with Crippen LogP contribution in [0.25, 0.3) is 10.9 Å². The van der Waals surface area contributed by atoms with Gasteiger partial charge in [0.1, 0.15) is 5.82 Å². The summed E-state index contributed by atoms with van der Waals surface area (Å²) in [7, 11) is 0. The van der Waals surface area contributed by atoms with E-state index in [1.54, 1.807) is 6.20 Å². The summed E-state index contributed by atoms with van der Waals surface area (Å²) in [6.07, 6.45) is 3.93. The fourth-order valence-electron chi connectivity index (χ4n) is 2.30. The Bertz CT molecular complexity index is 816. The molecule has 0 bridgehead atoms. The number of H-pyrrole nitrogens is 1. The number of benzene rings is 1. The molecule has 2 aromatic heterocycles. The lowest BCUT2D eigenvalue weighted by molar-refractivity contribution is 0.101. The third-order valence-corrected chi connectivity index (χ3v) is 3.55. The first-order valence-corrected chi connectivity index (χ1v) is 6.88. The fourth-order valence-corrected chi connectivity index (χ4v) is 2.30. The van der Waals surface area contributed by atoms with Crippen molar-refractivity contribution in [3.63, 3.8) is 0 Å². The van der Waals surface area contributed by atoms with E-state index in [4.69, 9.17) is 0 Å². The lowest BCUT2D eigenvalue weighted by Crippen LogP contribution is -2.14. The van der Waals surface area contributed by atoms with Crippen molar-refractivity contribution >= 4 is 22.5 Å². The molecule has 2 N–H and O–H groups in total. The molecule has 1 saturated carbocycles. The van der Waals surface area contributed by atoms with Crippen molar-refractivity contribution in [2.24, 2.45) is 0 Å². The van der Waals surface area contributed by atoms with E-state index in [1.807, 2.05) is 30.3 Å². The monoisotopic (exact) mass is 279 g/mol. The van der Waals surface area contributed by atoms with Crippen molar-refractivity contribution in [3.05, 3.63) is 48.2 Å². The van der Waals surface area contributed by atoms with Gasteiger partial charge in [0, 0.05) is 17.5 Å². The Kier molecular flexibility index (Phi) is 2.67. The van der Waals surface area contributed by atoms with Gasteiger partial charge in [0.15, 0.2) is 0 Å². The quantitative estimate of drug-likeness (QED) is 0.771. The normalized spacial score (nSPS) is 14.3. The number of hydrogen-bond donors (Lipinski definition) is 2. The van der Waals surface area contributed by atoms with Crippen molar-refractivity contribution in [1.29, 1.82) is 0 Å². The van der Waals surface area contributed by atoms with Crippen LogP contribution in [0, 0.1) is 0 Å². The van der Waals surface area contributed by atoms with E-state index in [2.05, 4.69) is 25.5 Å². The van der Waals surface area contributed by atoms with Crippen molar-refractivity contribution in [3.8, 4) is 0 Å². The first-order valence-electron chi connectivity index (χ1n) is 6.88. The van der Waals surface area contributed by atoms with Gasteiger partial charge in [-0.15, -0.1) is 5.10 Å². The number of fused-ring (bicyclic) bond motifs is 1. The Hall–Kier alpha value is -2.76.